The Morgan fingerprint density at radius 2 is 2.33 bits per heavy atom. The van der Waals surface area contributed by atoms with Crippen molar-refractivity contribution in [1.29, 1.82) is 0 Å². The molecule has 3 heteroatoms. The van der Waals surface area contributed by atoms with Crippen LogP contribution in [0.3, 0.4) is 0 Å². The molecule has 0 aromatic carbocycles. The van der Waals surface area contributed by atoms with Gasteiger partial charge < -0.3 is 10.6 Å². The lowest BCUT2D eigenvalue weighted by molar-refractivity contribution is -0.142. The molecule has 1 amide bonds. The summed E-state index contributed by atoms with van der Waals surface area (Å²) in [5.74, 6) is 0.408. The zero-order chi connectivity index (χ0) is 9.14. The summed E-state index contributed by atoms with van der Waals surface area (Å²) in [6.45, 7) is 5.51. The van der Waals surface area contributed by atoms with Gasteiger partial charge in [-0.1, -0.05) is 13.8 Å². The molecule has 70 valence electrons. The van der Waals surface area contributed by atoms with Gasteiger partial charge in [0.1, 0.15) is 0 Å². The minimum absolute atomic E-state index is 0.130. The van der Waals surface area contributed by atoms with Crippen LogP contribution in [0.5, 0.6) is 0 Å². The van der Waals surface area contributed by atoms with Gasteiger partial charge in [-0.15, -0.1) is 0 Å². The molecular formula is C9H18N2O. The number of likely N-dealkylation sites (tertiary alicyclic amines) is 1. The van der Waals surface area contributed by atoms with Crippen molar-refractivity contribution in [2.24, 2.45) is 11.7 Å². The molecule has 1 aliphatic rings. The second-order valence-corrected chi connectivity index (χ2v) is 3.71. The van der Waals surface area contributed by atoms with Crippen molar-refractivity contribution in [3.63, 3.8) is 0 Å². The van der Waals surface area contributed by atoms with E-state index in [0.29, 0.717) is 12.6 Å². The molecule has 0 radical (unpaired) electrons. The van der Waals surface area contributed by atoms with Gasteiger partial charge in [0.25, 0.3) is 0 Å². The average molecular weight is 170 g/mol. The Balaban J connectivity index is 2.38. The Morgan fingerprint density at radius 1 is 1.67 bits per heavy atom. The molecule has 1 fully saturated rings. The van der Waals surface area contributed by atoms with E-state index in [1.807, 2.05) is 18.7 Å². The van der Waals surface area contributed by atoms with Crippen LogP contribution in [-0.4, -0.2) is 29.9 Å². The van der Waals surface area contributed by atoms with E-state index in [1.165, 1.54) is 0 Å². The number of nitrogens with zero attached hydrogens (tertiary/aromatic N) is 1. The second-order valence-electron chi connectivity index (χ2n) is 3.71. The Hall–Kier alpha value is -0.570. The van der Waals surface area contributed by atoms with E-state index in [2.05, 4.69) is 0 Å². The van der Waals surface area contributed by atoms with Crippen molar-refractivity contribution in [3.05, 3.63) is 0 Å². The topological polar surface area (TPSA) is 46.3 Å². The Bertz CT molecular complexity index is 168. The number of carbonyl (C=O) groups excluding carboxylic acids is 1. The fourth-order valence-electron chi connectivity index (χ4n) is 1.56. The van der Waals surface area contributed by atoms with Crippen molar-refractivity contribution in [3.8, 4) is 0 Å². The first kappa shape index (κ1) is 9.52. The molecule has 1 saturated heterocycles. The molecule has 0 bridgehead atoms. The highest BCUT2D eigenvalue weighted by molar-refractivity contribution is 5.79. The maximum absolute atomic E-state index is 11.5. The molecular weight excluding hydrogens is 152 g/mol. The van der Waals surface area contributed by atoms with Gasteiger partial charge in [0.05, 0.1) is 0 Å². The summed E-state index contributed by atoms with van der Waals surface area (Å²) in [4.78, 5) is 13.5. The van der Waals surface area contributed by atoms with Crippen molar-refractivity contribution in [2.45, 2.75) is 32.7 Å². The fourth-order valence-corrected chi connectivity index (χ4v) is 1.56. The van der Waals surface area contributed by atoms with Crippen LogP contribution in [0.2, 0.25) is 0 Å². The Kier molecular flexibility index (Phi) is 3.09. The molecule has 0 spiro atoms. The molecule has 12 heavy (non-hydrogen) atoms. The minimum atomic E-state index is 0.130. The highest BCUT2D eigenvalue weighted by atomic mass is 16.2. The predicted molar refractivity (Wildman–Crippen MR) is 48.6 cm³/mol. The van der Waals surface area contributed by atoms with E-state index in [0.717, 1.165) is 19.4 Å². The minimum Gasteiger partial charge on any atom is -0.339 e. The standard InChI is InChI=1S/C9H18N2O/c1-7(2)9(12)11-6-4-8(11)3-5-10/h7-8H,3-6,10H2,1-2H3. The monoisotopic (exact) mass is 170 g/mol. The van der Waals surface area contributed by atoms with Crippen molar-refractivity contribution in [1.82, 2.24) is 4.90 Å². The van der Waals surface area contributed by atoms with Gasteiger partial charge in [-0.2, -0.15) is 0 Å². The van der Waals surface area contributed by atoms with Crippen molar-refractivity contribution in [2.75, 3.05) is 13.1 Å². The van der Waals surface area contributed by atoms with Gasteiger partial charge in [-0.05, 0) is 19.4 Å². The third-order valence-corrected chi connectivity index (χ3v) is 2.42. The molecule has 0 aromatic rings. The first-order chi connectivity index (χ1) is 5.66. The van der Waals surface area contributed by atoms with E-state index in [4.69, 9.17) is 5.73 Å². The van der Waals surface area contributed by atoms with E-state index >= 15 is 0 Å². The lowest BCUT2D eigenvalue weighted by atomic mass is 9.97. The van der Waals surface area contributed by atoms with Gasteiger partial charge in [0.15, 0.2) is 0 Å². The summed E-state index contributed by atoms with van der Waals surface area (Å²) in [6.07, 6.45) is 2.09. The molecule has 2 N–H and O–H groups in total. The van der Waals surface area contributed by atoms with E-state index in [9.17, 15) is 4.79 Å². The quantitative estimate of drug-likeness (QED) is 0.674. The summed E-state index contributed by atoms with van der Waals surface area (Å²) < 4.78 is 0. The largest absolute Gasteiger partial charge is 0.339 e. The van der Waals surface area contributed by atoms with Crippen molar-refractivity contribution >= 4 is 5.91 Å². The lowest BCUT2D eigenvalue weighted by Crippen LogP contribution is -2.53. The second kappa shape index (κ2) is 3.90. The van der Waals surface area contributed by atoms with Crippen molar-refractivity contribution < 1.29 is 4.79 Å². The average Bonchev–Trinajstić information content (AvgIpc) is 1.98. The van der Waals surface area contributed by atoms with Gasteiger partial charge in [-0.25, -0.2) is 0 Å². The summed E-state index contributed by atoms with van der Waals surface area (Å²) in [6, 6.07) is 0.435. The maximum atomic E-state index is 11.5. The van der Waals surface area contributed by atoms with Gasteiger partial charge in [-0.3, -0.25) is 4.79 Å². The molecule has 1 atom stereocenters. The van der Waals surface area contributed by atoms with Gasteiger partial charge >= 0.3 is 0 Å². The van der Waals surface area contributed by atoms with Crippen LogP contribution in [0.4, 0.5) is 0 Å². The third kappa shape index (κ3) is 1.78. The molecule has 0 saturated carbocycles. The molecule has 1 rings (SSSR count). The normalized spacial score (nSPS) is 22.7. The van der Waals surface area contributed by atoms with Gasteiger partial charge in [0, 0.05) is 18.5 Å². The SMILES string of the molecule is CC(C)C(=O)N1CCC1CCN. The summed E-state index contributed by atoms with van der Waals surface area (Å²) >= 11 is 0. The number of nitrogens with two attached hydrogens (primary N) is 1. The zero-order valence-corrected chi connectivity index (χ0v) is 7.92. The number of hydrogen-bond acceptors (Lipinski definition) is 2. The van der Waals surface area contributed by atoms with Crippen LogP contribution < -0.4 is 5.73 Å². The number of rotatable bonds is 3. The summed E-state index contributed by atoms with van der Waals surface area (Å²) in [7, 11) is 0. The first-order valence-corrected chi connectivity index (χ1v) is 4.67. The molecule has 1 heterocycles. The predicted octanol–water partition coefficient (Wildman–Crippen LogP) is 0.592. The van der Waals surface area contributed by atoms with Crippen LogP contribution >= 0.6 is 0 Å². The molecule has 1 aliphatic heterocycles. The summed E-state index contributed by atoms with van der Waals surface area (Å²) in [5.41, 5.74) is 5.44. The van der Waals surface area contributed by atoms with Crippen LogP contribution in [0.25, 0.3) is 0 Å². The lowest BCUT2D eigenvalue weighted by Gasteiger charge is -2.42. The van der Waals surface area contributed by atoms with Gasteiger partial charge in [0.2, 0.25) is 5.91 Å². The Morgan fingerprint density at radius 3 is 2.67 bits per heavy atom. The molecule has 0 aromatic heterocycles. The van der Waals surface area contributed by atoms with E-state index in [1.54, 1.807) is 0 Å². The number of amides is 1. The number of carbonyl (C=O) groups is 1. The highest BCUT2D eigenvalue weighted by Gasteiger charge is 2.32. The first-order valence-electron chi connectivity index (χ1n) is 4.67. The van der Waals surface area contributed by atoms with E-state index < -0.39 is 0 Å². The van der Waals surface area contributed by atoms with Crippen LogP contribution in [0.15, 0.2) is 0 Å². The van der Waals surface area contributed by atoms with Crippen LogP contribution in [0, 0.1) is 5.92 Å². The number of hydrogen-bond donors (Lipinski definition) is 1. The molecule has 1 unspecified atom stereocenters. The smallest absolute Gasteiger partial charge is 0.225 e. The Labute approximate surface area is 73.9 Å². The molecule has 0 aliphatic carbocycles. The van der Waals surface area contributed by atoms with Crippen LogP contribution in [-0.2, 0) is 4.79 Å². The fraction of sp³-hybridized carbons (Fsp3) is 0.889. The third-order valence-electron chi connectivity index (χ3n) is 2.42. The zero-order valence-electron chi connectivity index (χ0n) is 7.92. The summed E-state index contributed by atoms with van der Waals surface area (Å²) in [5, 5.41) is 0. The van der Waals surface area contributed by atoms with E-state index in [-0.39, 0.29) is 11.8 Å². The maximum Gasteiger partial charge on any atom is 0.225 e. The highest BCUT2D eigenvalue weighted by Crippen LogP contribution is 2.21. The molecule has 3 nitrogen and oxygen atoms in total. The van der Waals surface area contributed by atoms with Crippen LogP contribution in [0.1, 0.15) is 26.7 Å².